The average Bonchev–Trinajstić information content (AvgIpc) is 2.88. The summed E-state index contributed by atoms with van der Waals surface area (Å²) in [6.07, 6.45) is 5.15. The molecule has 4 nitrogen and oxygen atoms in total. The van der Waals surface area contributed by atoms with Crippen LogP contribution in [0.3, 0.4) is 0 Å². The molecule has 0 spiro atoms. The molecule has 0 radical (unpaired) electrons. The van der Waals surface area contributed by atoms with E-state index in [4.69, 9.17) is 5.73 Å². The number of nitrogens with two attached hydrogens (primary N) is 1. The topological polar surface area (TPSA) is 47.1 Å². The first-order valence-electron chi connectivity index (χ1n) is 6.63. The molecule has 0 bridgehead atoms. The molecule has 2 heterocycles. The van der Waals surface area contributed by atoms with Gasteiger partial charge in [-0.15, -0.1) is 0 Å². The number of aromatic nitrogens is 2. The van der Waals surface area contributed by atoms with Gasteiger partial charge in [-0.25, -0.2) is 4.98 Å². The van der Waals surface area contributed by atoms with E-state index >= 15 is 0 Å². The van der Waals surface area contributed by atoms with Crippen molar-refractivity contribution in [3.8, 4) is 0 Å². The largest absolute Gasteiger partial charge is 0.333 e. The molecule has 96 valence electrons. The summed E-state index contributed by atoms with van der Waals surface area (Å²) in [6.45, 7) is 9.55. The first kappa shape index (κ1) is 12.6. The van der Waals surface area contributed by atoms with Gasteiger partial charge in [-0.2, -0.15) is 0 Å². The summed E-state index contributed by atoms with van der Waals surface area (Å²) >= 11 is 0. The van der Waals surface area contributed by atoms with Crippen molar-refractivity contribution in [2.45, 2.75) is 45.8 Å². The molecule has 1 aromatic rings. The van der Waals surface area contributed by atoms with E-state index in [2.05, 4.69) is 35.2 Å². The zero-order valence-corrected chi connectivity index (χ0v) is 11.1. The van der Waals surface area contributed by atoms with E-state index in [0.717, 1.165) is 19.0 Å². The lowest BCUT2D eigenvalue weighted by Gasteiger charge is -2.31. The van der Waals surface area contributed by atoms with E-state index in [1.165, 1.54) is 12.1 Å². The lowest BCUT2D eigenvalue weighted by molar-refractivity contribution is 0.185. The third-order valence-corrected chi connectivity index (χ3v) is 3.88. The third kappa shape index (κ3) is 2.38. The summed E-state index contributed by atoms with van der Waals surface area (Å²) in [5.41, 5.74) is 7.25. The summed E-state index contributed by atoms with van der Waals surface area (Å²) in [6, 6.07) is 0.941. The van der Waals surface area contributed by atoms with E-state index < -0.39 is 0 Å². The molecule has 1 saturated heterocycles. The molecule has 2 rings (SSSR count). The zero-order valence-electron chi connectivity index (χ0n) is 11.1. The fourth-order valence-corrected chi connectivity index (χ4v) is 3.07. The van der Waals surface area contributed by atoms with Crippen LogP contribution >= 0.6 is 0 Å². The van der Waals surface area contributed by atoms with Crippen molar-refractivity contribution in [1.82, 2.24) is 14.5 Å². The Hall–Kier alpha value is -0.870. The van der Waals surface area contributed by atoms with Gasteiger partial charge in [-0.1, -0.05) is 6.92 Å². The van der Waals surface area contributed by atoms with Gasteiger partial charge in [0.25, 0.3) is 0 Å². The highest BCUT2D eigenvalue weighted by Crippen LogP contribution is 2.31. The summed E-state index contributed by atoms with van der Waals surface area (Å²) < 4.78 is 2.20. The van der Waals surface area contributed by atoms with Crippen LogP contribution in [0, 0.1) is 5.92 Å². The summed E-state index contributed by atoms with van der Waals surface area (Å²) in [4.78, 5) is 6.79. The molecule has 0 aliphatic carbocycles. The number of aryl methyl sites for hydroxylation is 1. The van der Waals surface area contributed by atoms with Crippen molar-refractivity contribution in [3.05, 3.63) is 18.2 Å². The van der Waals surface area contributed by atoms with E-state index in [-0.39, 0.29) is 0 Å². The Kier molecular flexibility index (Phi) is 3.84. The van der Waals surface area contributed by atoms with E-state index in [1.807, 2.05) is 12.5 Å². The van der Waals surface area contributed by atoms with Crippen LogP contribution in [0.5, 0.6) is 0 Å². The number of rotatable bonds is 4. The normalized spacial score (nSPS) is 27.5. The van der Waals surface area contributed by atoms with Gasteiger partial charge in [0.05, 0.1) is 18.1 Å². The molecular formula is C13H24N4. The maximum atomic E-state index is 5.99. The van der Waals surface area contributed by atoms with Crippen molar-refractivity contribution in [1.29, 1.82) is 0 Å². The fourth-order valence-electron chi connectivity index (χ4n) is 3.07. The van der Waals surface area contributed by atoms with Crippen LogP contribution in [0.1, 0.15) is 38.9 Å². The predicted octanol–water partition coefficient (Wildman–Crippen LogP) is 1.63. The number of nitrogens with zero attached hydrogens (tertiary/aromatic N) is 3. The lowest BCUT2D eigenvalue weighted by Crippen LogP contribution is -2.37. The smallest absolute Gasteiger partial charge is 0.0948 e. The minimum atomic E-state index is 0.317. The molecule has 1 aliphatic heterocycles. The van der Waals surface area contributed by atoms with Crippen LogP contribution in [0.25, 0.3) is 0 Å². The van der Waals surface area contributed by atoms with E-state index in [1.54, 1.807) is 0 Å². The molecule has 0 amide bonds. The average molecular weight is 236 g/mol. The molecule has 3 atom stereocenters. The zero-order chi connectivity index (χ0) is 12.4. The molecule has 0 aromatic carbocycles. The Bertz CT molecular complexity index is 360. The van der Waals surface area contributed by atoms with Crippen molar-refractivity contribution >= 4 is 0 Å². The first-order valence-corrected chi connectivity index (χ1v) is 6.63. The summed E-state index contributed by atoms with van der Waals surface area (Å²) in [5, 5.41) is 0. The number of likely N-dealkylation sites (tertiary alicyclic amines) is 1. The molecule has 4 heteroatoms. The number of hydrogen-bond donors (Lipinski definition) is 1. The van der Waals surface area contributed by atoms with Crippen molar-refractivity contribution in [2.24, 2.45) is 11.7 Å². The monoisotopic (exact) mass is 236 g/mol. The van der Waals surface area contributed by atoms with Crippen LogP contribution in [0.2, 0.25) is 0 Å². The first-order chi connectivity index (χ1) is 8.17. The second kappa shape index (κ2) is 5.19. The maximum absolute atomic E-state index is 5.99. The van der Waals surface area contributed by atoms with Crippen LogP contribution in [0.4, 0.5) is 0 Å². The summed E-state index contributed by atoms with van der Waals surface area (Å²) in [7, 11) is 0. The van der Waals surface area contributed by atoms with Gasteiger partial charge in [0.15, 0.2) is 0 Å². The van der Waals surface area contributed by atoms with Crippen molar-refractivity contribution in [2.75, 3.05) is 13.1 Å². The molecular weight excluding hydrogens is 212 g/mol. The number of hydrogen-bond acceptors (Lipinski definition) is 3. The van der Waals surface area contributed by atoms with Gasteiger partial charge in [-0.3, -0.25) is 4.90 Å². The molecule has 1 aliphatic rings. The van der Waals surface area contributed by atoms with E-state index in [0.29, 0.717) is 18.6 Å². The van der Waals surface area contributed by atoms with Crippen LogP contribution < -0.4 is 5.73 Å². The highest BCUT2D eigenvalue weighted by atomic mass is 15.2. The van der Waals surface area contributed by atoms with Crippen LogP contribution in [-0.2, 0) is 6.54 Å². The lowest BCUT2D eigenvalue weighted by atomic mass is 10.1. The highest BCUT2D eigenvalue weighted by Gasteiger charge is 2.33. The second-order valence-electron chi connectivity index (χ2n) is 5.24. The SMILES string of the molecule is CCn1cncc1C(CN)N1CC(C)CC1C. The van der Waals surface area contributed by atoms with Crippen molar-refractivity contribution in [3.63, 3.8) is 0 Å². The van der Waals surface area contributed by atoms with Gasteiger partial charge in [0.2, 0.25) is 0 Å². The van der Waals surface area contributed by atoms with Gasteiger partial charge >= 0.3 is 0 Å². The Morgan fingerprint density at radius 3 is 2.82 bits per heavy atom. The Labute approximate surface area is 104 Å². The third-order valence-electron chi connectivity index (χ3n) is 3.88. The molecule has 1 fully saturated rings. The molecule has 3 unspecified atom stereocenters. The van der Waals surface area contributed by atoms with Gasteiger partial charge in [0, 0.05) is 31.9 Å². The predicted molar refractivity (Wildman–Crippen MR) is 69.6 cm³/mol. The standard InChI is InChI=1S/C13H24N4/c1-4-16-9-15-7-13(16)12(6-14)17-8-10(2)5-11(17)3/h7,9-12H,4-6,8,14H2,1-3H3. The van der Waals surface area contributed by atoms with Crippen LogP contribution in [-0.4, -0.2) is 33.6 Å². The number of imidazole rings is 1. The maximum Gasteiger partial charge on any atom is 0.0948 e. The minimum Gasteiger partial charge on any atom is -0.333 e. The van der Waals surface area contributed by atoms with Gasteiger partial charge in [-0.05, 0) is 26.2 Å². The summed E-state index contributed by atoms with van der Waals surface area (Å²) in [5.74, 6) is 0.775. The Balaban J connectivity index is 2.22. The minimum absolute atomic E-state index is 0.317. The Morgan fingerprint density at radius 2 is 2.29 bits per heavy atom. The molecule has 1 aromatic heterocycles. The highest BCUT2D eigenvalue weighted by molar-refractivity contribution is 5.08. The quantitative estimate of drug-likeness (QED) is 0.864. The Morgan fingerprint density at radius 1 is 1.53 bits per heavy atom. The van der Waals surface area contributed by atoms with E-state index in [9.17, 15) is 0 Å². The van der Waals surface area contributed by atoms with Gasteiger partial charge < -0.3 is 10.3 Å². The molecule has 17 heavy (non-hydrogen) atoms. The fraction of sp³-hybridized carbons (Fsp3) is 0.769. The van der Waals surface area contributed by atoms with Crippen LogP contribution in [0.15, 0.2) is 12.5 Å². The second-order valence-corrected chi connectivity index (χ2v) is 5.24. The molecule has 2 N–H and O–H groups in total. The molecule has 0 saturated carbocycles. The van der Waals surface area contributed by atoms with Crippen molar-refractivity contribution < 1.29 is 0 Å². The van der Waals surface area contributed by atoms with Gasteiger partial charge in [0.1, 0.15) is 0 Å².